The molecular weight excluding hydrogens is 822 g/mol. The number of carboxylic acids is 2. The van der Waals surface area contributed by atoms with Crippen molar-refractivity contribution >= 4 is 67.6 Å². The quantitative estimate of drug-likeness (QED) is 0.0770. The molecule has 0 bridgehead atoms. The largest absolute Gasteiger partial charge is 1.00 e. The molecule has 6 rings (SSSR count). The minimum atomic E-state index is -1.87. The van der Waals surface area contributed by atoms with Crippen LogP contribution < -0.4 is 45.4 Å². The van der Waals surface area contributed by atoms with Crippen molar-refractivity contribution in [3.8, 4) is 0 Å². The molecule has 3 aliphatic heterocycles. The highest BCUT2D eigenvalue weighted by Gasteiger charge is 2.54. The van der Waals surface area contributed by atoms with Crippen molar-refractivity contribution in [1.82, 2.24) is 19.2 Å². The Bertz CT molecular complexity index is 2060. The van der Waals surface area contributed by atoms with Gasteiger partial charge in [-0.15, -0.1) is 11.3 Å². The Morgan fingerprint density at radius 1 is 1.24 bits per heavy atom. The normalized spacial score (nSPS) is 21.4. The molecule has 16 nitrogen and oxygen atoms in total. The summed E-state index contributed by atoms with van der Waals surface area (Å²) in [5, 5.41) is 27.1. The molecule has 5 N–H and O–H groups in total. The predicted molar refractivity (Wildman–Crippen MR) is 183 cm³/mol. The molecule has 0 aliphatic carbocycles. The van der Waals surface area contributed by atoms with Crippen molar-refractivity contribution in [2.24, 2.45) is 5.16 Å². The first-order valence-electron chi connectivity index (χ1n) is 15.7. The number of aromatic carboxylic acids is 1. The molecule has 2 aromatic heterocycles. The van der Waals surface area contributed by atoms with E-state index in [4.69, 9.17) is 10.6 Å². The molecule has 1 unspecified atom stereocenters. The lowest BCUT2D eigenvalue weighted by Gasteiger charge is -2.51. The van der Waals surface area contributed by atoms with E-state index in [9.17, 15) is 33.6 Å². The molecule has 20 heteroatoms. The summed E-state index contributed by atoms with van der Waals surface area (Å²) in [6.07, 6.45) is 2.15. The molecule has 2 saturated heterocycles. The number of fused-ring (bicyclic) bond motifs is 2. The average molecular weight is 859 g/mol. The van der Waals surface area contributed by atoms with E-state index >= 15 is 4.39 Å². The third-order valence-corrected chi connectivity index (χ3v) is 11.8. The fourth-order valence-electron chi connectivity index (χ4n) is 6.87. The van der Waals surface area contributed by atoms with Gasteiger partial charge in [0.25, 0.3) is 5.91 Å². The molecule has 51 heavy (non-hydrogen) atoms. The van der Waals surface area contributed by atoms with Gasteiger partial charge in [0.05, 0.1) is 50.5 Å². The van der Waals surface area contributed by atoms with Gasteiger partial charge in [0.15, 0.2) is 10.8 Å². The van der Waals surface area contributed by atoms with Gasteiger partial charge >= 0.3 is 11.9 Å². The van der Waals surface area contributed by atoms with E-state index in [1.807, 2.05) is 11.9 Å². The van der Waals surface area contributed by atoms with Crippen molar-refractivity contribution in [3.05, 3.63) is 62.3 Å². The Hall–Kier alpha value is -4.15. The van der Waals surface area contributed by atoms with Gasteiger partial charge in [-0.25, -0.2) is 23.2 Å². The van der Waals surface area contributed by atoms with Crippen LogP contribution in [0.4, 0.5) is 15.2 Å². The number of pyridine rings is 1. The topological polar surface area (TPSA) is 210 Å². The molecule has 0 saturated carbocycles. The molecule has 1 aromatic carbocycles. The van der Waals surface area contributed by atoms with Crippen LogP contribution in [-0.2, 0) is 32.0 Å². The van der Waals surface area contributed by atoms with Gasteiger partial charge in [0.2, 0.25) is 5.43 Å². The number of anilines is 2. The number of thiazole rings is 1. The summed E-state index contributed by atoms with van der Waals surface area (Å²) in [5.74, 6) is -3.90. The average Bonchev–Trinajstić information content (AvgIpc) is 3.51. The number of nitrogens with one attached hydrogen (secondary N) is 1. The van der Waals surface area contributed by atoms with Crippen molar-refractivity contribution in [2.45, 2.75) is 37.7 Å². The zero-order chi connectivity index (χ0) is 36.1. The van der Waals surface area contributed by atoms with Crippen LogP contribution in [-0.4, -0.2) is 115 Å². The zero-order valence-corrected chi connectivity index (χ0v) is 31.6. The summed E-state index contributed by atoms with van der Waals surface area (Å²) in [6, 6.07) is 2.16. The minimum Gasteiger partial charge on any atom is -1.00 e. The number of aliphatic carboxylic acids is 1. The van der Waals surface area contributed by atoms with Gasteiger partial charge in [-0.2, -0.15) is 0 Å². The number of nitrogens with zero attached hydrogens (tertiary/aromatic N) is 6. The fourth-order valence-corrected chi connectivity index (χ4v) is 9.08. The lowest BCUT2D eigenvalue weighted by Crippen LogP contribution is -3.00. The first kappa shape index (κ1) is 38.1. The predicted octanol–water partition coefficient (Wildman–Crippen LogP) is -1.86. The van der Waals surface area contributed by atoms with Gasteiger partial charge in [0.1, 0.15) is 52.8 Å². The number of carbonyl (C=O) groups is 3. The van der Waals surface area contributed by atoms with Crippen LogP contribution in [0.3, 0.4) is 0 Å². The number of hydrogen-bond acceptors (Lipinski definition) is 11. The van der Waals surface area contributed by atoms with Gasteiger partial charge in [0, 0.05) is 29.1 Å². The summed E-state index contributed by atoms with van der Waals surface area (Å²) < 4.78 is 32.3. The van der Waals surface area contributed by atoms with E-state index in [1.54, 1.807) is 22.9 Å². The van der Waals surface area contributed by atoms with E-state index in [-0.39, 0.29) is 51.6 Å². The van der Waals surface area contributed by atoms with E-state index in [0.29, 0.717) is 73.4 Å². The minimum absolute atomic E-state index is 0. The van der Waals surface area contributed by atoms with E-state index in [2.05, 4.69) is 15.5 Å². The highest BCUT2D eigenvalue weighted by atomic mass is 127. The molecule has 2 fully saturated rings. The lowest BCUT2D eigenvalue weighted by molar-refractivity contribution is -0.905. The van der Waals surface area contributed by atoms with Crippen molar-refractivity contribution in [1.29, 1.82) is 0 Å². The second-order valence-corrected chi connectivity index (χ2v) is 14.9. The molecule has 0 spiro atoms. The summed E-state index contributed by atoms with van der Waals surface area (Å²) in [7, 11) is 1.39. The lowest BCUT2D eigenvalue weighted by atomic mass is 9.95. The number of aryl methyl sites for hydroxylation is 1. The number of piperazine rings is 1. The second-order valence-electron chi connectivity index (χ2n) is 12.5. The number of rotatable bonds is 10. The number of nitrogen functional groups attached to an aromatic ring is 1. The number of hydrogen-bond donors (Lipinski definition) is 4. The molecule has 0 radical (unpaired) electrons. The summed E-state index contributed by atoms with van der Waals surface area (Å²) >= 11 is 1.12. The van der Waals surface area contributed by atoms with Gasteiger partial charge in [-0.1, -0.05) is 5.16 Å². The van der Waals surface area contributed by atoms with Crippen LogP contribution in [0.5, 0.6) is 0 Å². The van der Waals surface area contributed by atoms with Gasteiger partial charge in [-0.3, -0.25) is 13.9 Å². The van der Waals surface area contributed by atoms with Crippen LogP contribution >= 0.6 is 11.3 Å². The Morgan fingerprint density at radius 3 is 2.53 bits per heavy atom. The molecule has 3 aromatic rings. The maximum atomic E-state index is 15.5. The number of carbonyl (C=O) groups excluding carboxylic acids is 1. The smallest absolute Gasteiger partial charge is 0.353 e. The SMILES string of the molecule is CCn1cc(C(=O)O)c(=O)c2cc(F)c(N3CC[N+](C)(CC4=C(C(=O)O)N5[C@H](CC4)[C@H](NC(=O)/C(=N\OC)c4csc(N)n4)S5=O)CC3)cc21.[I-]. The second kappa shape index (κ2) is 14.8. The number of halogens is 2. The Kier molecular flexibility index (Phi) is 11.1. The fraction of sp³-hybridized carbons (Fsp3) is 0.419. The van der Waals surface area contributed by atoms with E-state index in [0.717, 1.165) is 17.4 Å². The van der Waals surface area contributed by atoms with Crippen LogP contribution in [0.15, 0.2) is 44.9 Å². The number of quaternary nitrogens is 1. The van der Waals surface area contributed by atoms with Crippen molar-refractivity contribution < 1.29 is 66.5 Å². The standard InChI is InChI=1S/C31H35FN8O8S2.HI/c1-4-37-13-18(29(43)44)26(41)17-11-19(32)23(12-22(17)37)38-7-9-40(2,10-8-38)14-16-5-6-21-28(50(47)39(21)25(16)30(45)46)35-27(42)24(36-48-3)20-15-49-31(33)34-20;/h11-13,15,21,28H,4-10,14H2,1-3H3,(H4-,33,34,35,42,43,44,45,46);1H/b36-24-;/t21-,28-,50?;/m1./s1. The van der Waals surface area contributed by atoms with Gasteiger partial charge < -0.3 is 64.0 Å². The molecule has 3 atom stereocenters. The Balaban J connectivity index is 0.00000504. The maximum Gasteiger partial charge on any atom is 0.353 e. The first-order chi connectivity index (χ1) is 23.8. The summed E-state index contributed by atoms with van der Waals surface area (Å²) in [5.41, 5.74) is 5.91. The van der Waals surface area contributed by atoms with Gasteiger partial charge in [-0.05, 0) is 31.9 Å². The summed E-state index contributed by atoms with van der Waals surface area (Å²) in [4.78, 5) is 60.8. The maximum absolute atomic E-state index is 15.5. The van der Waals surface area contributed by atoms with Crippen LogP contribution in [0.25, 0.3) is 10.9 Å². The highest BCUT2D eigenvalue weighted by molar-refractivity contribution is 7.85. The number of carboxylic acid groups (broad SMARTS) is 2. The van der Waals surface area contributed by atoms with E-state index in [1.165, 1.54) is 17.6 Å². The monoisotopic (exact) mass is 858 g/mol. The molecule has 3 aliphatic rings. The van der Waals surface area contributed by atoms with E-state index < -0.39 is 57.1 Å². The third kappa shape index (κ3) is 7.05. The number of aromatic nitrogens is 2. The Morgan fingerprint density at radius 2 is 1.94 bits per heavy atom. The first-order valence-corrected chi connectivity index (χ1v) is 17.8. The molecule has 274 valence electrons. The molecule has 1 amide bonds. The van der Waals surface area contributed by atoms with Crippen molar-refractivity contribution in [2.75, 3.05) is 57.5 Å². The molecule has 5 heterocycles. The number of benzene rings is 1. The molecular formula is C31H36FIN8O8S2. The Labute approximate surface area is 314 Å². The summed E-state index contributed by atoms with van der Waals surface area (Å²) in [6.45, 7) is 4.49. The van der Waals surface area contributed by atoms with Crippen molar-refractivity contribution in [3.63, 3.8) is 0 Å². The number of likely N-dealkylation sites (N-methyl/N-ethyl adjacent to an activating group) is 1. The van der Waals surface area contributed by atoms with Crippen LogP contribution in [0.2, 0.25) is 0 Å². The number of nitrogens with two attached hydrogens (primary N) is 1. The number of amides is 1. The zero-order valence-electron chi connectivity index (χ0n) is 27.8. The van der Waals surface area contributed by atoms with Crippen LogP contribution in [0.1, 0.15) is 35.8 Å². The number of oxime groups is 1. The highest BCUT2D eigenvalue weighted by Crippen LogP contribution is 2.40. The third-order valence-electron chi connectivity index (χ3n) is 9.45. The van der Waals surface area contributed by atoms with Crippen LogP contribution in [0, 0.1) is 5.82 Å².